The Balaban J connectivity index is 1.59. The van der Waals surface area contributed by atoms with Gasteiger partial charge in [-0.05, 0) is 49.0 Å². The molecule has 0 spiro atoms. The number of aliphatic hydroxyl groups excluding tert-OH is 2. The average molecular weight is 748 g/mol. The number of carbonyl (C=O) groups excluding carboxylic acids is 5. The van der Waals surface area contributed by atoms with Crippen molar-refractivity contribution < 1.29 is 48.4 Å². The van der Waals surface area contributed by atoms with Gasteiger partial charge < -0.3 is 51.0 Å². The smallest absolute Gasteiger partial charge is 0.408 e. The molecule has 9 atom stereocenters. The molecule has 15 nitrogen and oxygen atoms in total. The zero-order valence-electron chi connectivity index (χ0n) is 32.1. The summed E-state index contributed by atoms with van der Waals surface area (Å²) in [5, 5.41) is 34.9. The van der Waals surface area contributed by atoms with Gasteiger partial charge in [-0.15, -0.1) is 0 Å². The second-order valence-corrected chi connectivity index (χ2v) is 15.3. The number of ether oxygens (including phenoxy) is 3. The van der Waals surface area contributed by atoms with Crippen LogP contribution in [0.15, 0.2) is 30.3 Å². The van der Waals surface area contributed by atoms with Crippen LogP contribution < -0.4 is 26.6 Å². The van der Waals surface area contributed by atoms with E-state index in [1.807, 2.05) is 58.0 Å². The molecule has 0 radical (unpaired) electrons. The Morgan fingerprint density at radius 2 is 1.47 bits per heavy atom. The van der Waals surface area contributed by atoms with E-state index in [0.717, 1.165) is 5.56 Å². The van der Waals surface area contributed by atoms with E-state index < -0.39 is 79.0 Å². The highest BCUT2D eigenvalue weighted by Gasteiger charge is 2.44. The van der Waals surface area contributed by atoms with Crippen LogP contribution in [-0.4, -0.2) is 102 Å². The van der Waals surface area contributed by atoms with Gasteiger partial charge in [-0.2, -0.15) is 0 Å². The van der Waals surface area contributed by atoms with E-state index in [0.29, 0.717) is 26.0 Å². The molecule has 0 aromatic heterocycles. The van der Waals surface area contributed by atoms with Crippen LogP contribution in [0, 0.1) is 29.6 Å². The molecule has 2 saturated heterocycles. The Labute approximate surface area is 313 Å². The fraction of sp³-hybridized carbons (Fsp3) is 0.711. The van der Waals surface area contributed by atoms with Gasteiger partial charge in [0.25, 0.3) is 0 Å². The van der Waals surface area contributed by atoms with Crippen molar-refractivity contribution in [1.82, 2.24) is 26.6 Å². The summed E-state index contributed by atoms with van der Waals surface area (Å²) < 4.78 is 16.6. The molecule has 0 bridgehead atoms. The molecule has 2 heterocycles. The summed E-state index contributed by atoms with van der Waals surface area (Å²) >= 11 is 0. The summed E-state index contributed by atoms with van der Waals surface area (Å²) in [5.74, 6) is -3.35. The summed E-state index contributed by atoms with van der Waals surface area (Å²) in [7, 11) is 0. The first-order chi connectivity index (χ1) is 25.1. The van der Waals surface area contributed by atoms with E-state index in [1.54, 1.807) is 20.8 Å². The van der Waals surface area contributed by atoms with Crippen LogP contribution in [0.25, 0.3) is 0 Å². The number of nitrogens with one attached hydrogen (secondary N) is 5. The molecule has 298 valence electrons. The number of hydrogen-bond donors (Lipinski definition) is 7. The Kier molecular flexibility index (Phi) is 17.4. The van der Waals surface area contributed by atoms with Crippen molar-refractivity contribution in [2.75, 3.05) is 19.8 Å². The van der Waals surface area contributed by atoms with Gasteiger partial charge in [0.05, 0.1) is 31.3 Å². The number of carbonyl (C=O) groups is 5. The van der Waals surface area contributed by atoms with Crippen molar-refractivity contribution in [3.05, 3.63) is 35.9 Å². The molecule has 7 N–H and O–H groups in total. The van der Waals surface area contributed by atoms with E-state index in [9.17, 15) is 34.2 Å². The zero-order chi connectivity index (χ0) is 39.2. The number of benzene rings is 1. The third kappa shape index (κ3) is 13.5. The number of fused-ring (bicyclic) bond motifs is 1. The highest BCUT2D eigenvalue weighted by Crippen LogP contribution is 2.33. The molecular formula is C38H61N5O10. The quantitative estimate of drug-likeness (QED) is 0.103. The fourth-order valence-corrected chi connectivity index (χ4v) is 6.50. The molecule has 2 fully saturated rings. The Morgan fingerprint density at radius 3 is 2.09 bits per heavy atom. The van der Waals surface area contributed by atoms with Crippen molar-refractivity contribution in [1.29, 1.82) is 0 Å². The molecule has 2 aliphatic rings. The highest BCUT2D eigenvalue weighted by atomic mass is 16.7. The molecule has 2 aliphatic heterocycles. The first kappa shape index (κ1) is 43.6. The number of alkyl carbamates (subject to hydrolysis) is 1. The topological polar surface area (TPSA) is 214 Å². The third-order valence-electron chi connectivity index (χ3n) is 9.63. The van der Waals surface area contributed by atoms with Gasteiger partial charge in [-0.25, -0.2) is 4.79 Å². The number of rotatable bonds is 20. The normalized spacial score (nSPS) is 21.5. The minimum atomic E-state index is -1.19. The van der Waals surface area contributed by atoms with Crippen molar-refractivity contribution in [2.45, 2.75) is 123 Å². The lowest BCUT2D eigenvalue weighted by Gasteiger charge is -2.30. The van der Waals surface area contributed by atoms with E-state index in [-0.39, 0.29) is 49.0 Å². The maximum absolute atomic E-state index is 13.6. The SMILES string of the molecule is CC(C)C[C@H](NC(=O)[C@H](CCO)NC(=O)[C@@H](NC(=O)O[C@H]1CO[C@H]2OCC[C@H]21)C(C)C)[C@@H](O)C[C@@H](C)C(=O)N[C@H](C(=O)NCc1ccccc1)C(C)C. The lowest BCUT2D eigenvalue weighted by Crippen LogP contribution is -2.58. The second-order valence-electron chi connectivity index (χ2n) is 15.3. The van der Waals surface area contributed by atoms with Crippen LogP contribution in [-0.2, 0) is 39.9 Å². The van der Waals surface area contributed by atoms with Gasteiger partial charge in [-0.1, -0.05) is 78.8 Å². The Morgan fingerprint density at radius 1 is 0.811 bits per heavy atom. The zero-order valence-corrected chi connectivity index (χ0v) is 32.1. The summed E-state index contributed by atoms with van der Waals surface area (Å²) in [6.07, 6.45) is -1.95. The second kappa shape index (κ2) is 21.2. The standard InChI is InChI=1S/C38H61N5O10/c1-21(2)17-28(29(45)18-24(7)33(46)42-31(22(3)4)35(48)39-19-25-11-9-8-10-12-25)41-34(47)27(13-15-44)40-36(49)32(23(5)6)43-38(50)53-30-20-52-37-26(30)14-16-51-37/h8-12,21-24,26-32,37,44-45H,13-20H2,1-7H3,(H,39,48)(H,40,49)(H,41,47)(H,42,46)(H,43,50)/t24-,26+,27+,28+,29+,30+,31+,32+,37-/m1/s1. The first-order valence-corrected chi connectivity index (χ1v) is 18.8. The first-order valence-electron chi connectivity index (χ1n) is 18.8. The van der Waals surface area contributed by atoms with Gasteiger partial charge in [0.2, 0.25) is 23.6 Å². The predicted octanol–water partition coefficient (Wildman–Crippen LogP) is 1.74. The summed E-state index contributed by atoms with van der Waals surface area (Å²) in [6.45, 7) is 13.2. The van der Waals surface area contributed by atoms with Crippen LogP contribution in [0.5, 0.6) is 0 Å². The largest absolute Gasteiger partial charge is 0.443 e. The minimum Gasteiger partial charge on any atom is -0.443 e. The van der Waals surface area contributed by atoms with Crippen LogP contribution in [0.2, 0.25) is 0 Å². The molecule has 0 saturated carbocycles. The lowest BCUT2D eigenvalue weighted by molar-refractivity contribution is -0.133. The maximum atomic E-state index is 13.6. The minimum absolute atomic E-state index is 0.0157. The van der Waals surface area contributed by atoms with Crippen LogP contribution in [0.1, 0.15) is 79.7 Å². The van der Waals surface area contributed by atoms with Crippen LogP contribution >= 0.6 is 0 Å². The summed E-state index contributed by atoms with van der Waals surface area (Å²) in [6, 6.07) is 5.60. The summed E-state index contributed by atoms with van der Waals surface area (Å²) in [5.41, 5.74) is 0.926. The number of amides is 5. The third-order valence-corrected chi connectivity index (χ3v) is 9.63. The van der Waals surface area contributed by atoms with Gasteiger partial charge in [-0.3, -0.25) is 19.2 Å². The monoisotopic (exact) mass is 747 g/mol. The van der Waals surface area contributed by atoms with Crippen molar-refractivity contribution in [3.63, 3.8) is 0 Å². The number of hydrogen-bond acceptors (Lipinski definition) is 10. The van der Waals surface area contributed by atoms with Crippen LogP contribution in [0.4, 0.5) is 4.79 Å². The summed E-state index contributed by atoms with van der Waals surface area (Å²) in [4.78, 5) is 66.1. The molecule has 0 aliphatic carbocycles. The predicted molar refractivity (Wildman–Crippen MR) is 196 cm³/mol. The van der Waals surface area contributed by atoms with Crippen molar-refractivity contribution in [3.8, 4) is 0 Å². The molecule has 1 aromatic carbocycles. The van der Waals surface area contributed by atoms with Gasteiger partial charge >= 0.3 is 6.09 Å². The van der Waals surface area contributed by atoms with Gasteiger partial charge in [0.15, 0.2) is 6.29 Å². The molecule has 5 amide bonds. The molecule has 0 unspecified atom stereocenters. The molecule has 15 heteroatoms. The Hall–Kier alpha value is -3.79. The van der Waals surface area contributed by atoms with E-state index in [4.69, 9.17) is 14.2 Å². The van der Waals surface area contributed by atoms with E-state index >= 15 is 0 Å². The fourth-order valence-electron chi connectivity index (χ4n) is 6.50. The van der Waals surface area contributed by atoms with Crippen molar-refractivity contribution >= 4 is 29.7 Å². The maximum Gasteiger partial charge on any atom is 0.408 e. The van der Waals surface area contributed by atoms with Gasteiger partial charge in [0, 0.05) is 19.1 Å². The number of aliphatic hydroxyl groups is 2. The van der Waals surface area contributed by atoms with Gasteiger partial charge in [0.1, 0.15) is 24.2 Å². The molecule has 3 rings (SSSR count). The molecule has 1 aromatic rings. The van der Waals surface area contributed by atoms with Crippen molar-refractivity contribution in [2.24, 2.45) is 29.6 Å². The Bertz CT molecular complexity index is 1350. The van der Waals surface area contributed by atoms with Crippen LogP contribution in [0.3, 0.4) is 0 Å². The molecule has 53 heavy (non-hydrogen) atoms. The molecular weight excluding hydrogens is 686 g/mol. The lowest BCUT2D eigenvalue weighted by atomic mass is 9.91. The van der Waals surface area contributed by atoms with E-state index in [2.05, 4.69) is 26.6 Å². The highest BCUT2D eigenvalue weighted by molar-refractivity contribution is 5.91. The van der Waals surface area contributed by atoms with E-state index in [1.165, 1.54) is 0 Å². The average Bonchev–Trinajstić information content (AvgIpc) is 3.73.